The minimum absolute atomic E-state index is 0.00716. The fraction of sp³-hybridized carbons (Fsp3) is 0.333. The molecule has 3 aliphatic heterocycles. The molecule has 3 aromatic rings. The number of carboxylic acid groups (broad SMARTS) is 1. The van der Waals surface area contributed by atoms with Gasteiger partial charge in [0, 0.05) is 66.7 Å². The minimum atomic E-state index is -0.880. The van der Waals surface area contributed by atoms with Gasteiger partial charge in [-0.3, -0.25) is 19.6 Å². The van der Waals surface area contributed by atoms with Gasteiger partial charge in [-0.25, -0.2) is 23.9 Å². The molecule has 2 fully saturated rings. The van der Waals surface area contributed by atoms with Gasteiger partial charge in [0.05, 0.1) is 25.3 Å². The third kappa shape index (κ3) is 6.39. The monoisotopic (exact) mass is 653 g/mol. The lowest BCUT2D eigenvalue weighted by molar-refractivity contribution is -0.137. The van der Waals surface area contributed by atoms with Crippen LogP contribution in [0.15, 0.2) is 64.4 Å². The number of carboxylic acids is 1. The summed E-state index contributed by atoms with van der Waals surface area (Å²) in [5.74, 6) is -1.02. The van der Waals surface area contributed by atoms with E-state index >= 15 is 0 Å². The summed E-state index contributed by atoms with van der Waals surface area (Å²) in [5.41, 5.74) is 2.05. The van der Waals surface area contributed by atoms with Crippen LogP contribution in [0.4, 0.5) is 15.0 Å². The third-order valence-corrected chi connectivity index (χ3v) is 9.06. The van der Waals surface area contributed by atoms with Crippen molar-refractivity contribution in [3.63, 3.8) is 0 Å². The number of urea groups is 1. The van der Waals surface area contributed by atoms with Crippen molar-refractivity contribution in [3.05, 3.63) is 86.4 Å². The van der Waals surface area contributed by atoms with Crippen molar-refractivity contribution < 1.29 is 28.6 Å². The lowest BCUT2D eigenvalue weighted by Gasteiger charge is -2.38. The van der Waals surface area contributed by atoms with E-state index in [0.717, 1.165) is 5.56 Å². The van der Waals surface area contributed by atoms with Crippen molar-refractivity contribution in [2.45, 2.75) is 24.9 Å². The number of aromatic nitrogens is 2. The van der Waals surface area contributed by atoms with Crippen LogP contribution in [0.5, 0.6) is 0 Å². The summed E-state index contributed by atoms with van der Waals surface area (Å²) in [6.45, 7) is 2.29. The first-order chi connectivity index (χ1) is 21.7. The lowest BCUT2D eigenvalue weighted by Crippen LogP contribution is -2.53. The van der Waals surface area contributed by atoms with Gasteiger partial charge in [-0.1, -0.05) is 23.7 Å². The molecule has 0 aliphatic carbocycles. The highest BCUT2D eigenvalue weighted by molar-refractivity contribution is 7.11. The molecule has 0 bridgehead atoms. The molecule has 3 aliphatic rings. The van der Waals surface area contributed by atoms with Crippen LogP contribution < -0.4 is 10.2 Å². The number of hydrogen-bond acceptors (Lipinski definition) is 10. The average Bonchev–Trinajstić information content (AvgIpc) is 3.68. The van der Waals surface area contributed by atoms with Crippen LogP contribution in [0.2, 0.25) is 5.02 Å². The van der Waals surface area contributed by atoms with Crippen LogP contribution in [-0.2, 0) is 20.7 Å². The van der Waals surface area contributed by atoms with E-state index in [1.54, 1.807) is 29.4 Å². The van der Waals surface area contributed by atoms with Crippen molar-refractivity contribution in [2.24, 2.45) is 4.99 Å². The molecule has 12 nitrogen and oxygen atoms in total. The number of fused-ring (bicyclic) bond motifs is 1. The summed E-state index contributed by atoms with van der Waals surface area (Å²) in [7, 11) is 1.29. The number of aliphatic carboxylic acids is 1. The van der Waals surface area contributed by atoms with Gasteiger partial charge >= 0.3 is 18.0 Å². The Bertz CT molecular complexity index is 1680. The number of pyridine rings is 1. The van der Waals surface area contributed by atoms with Gasteiger partial charge in [-0.05, 0) is 30.2 Å². The average molecular weight is 654 g/mol. The number of benzene rings is 1. The van der Waals surface area contributed by atoms with E-state index in [9.17, 15) is 18.8 Å². The smallest absolute Gasteiger partial charge is 0.338 e. The number of piperazine rings is 1. The second-order valence-electron chi connectivity index (χ2n) is 10.8. The first kappa shape index (κ1) is 30.6. The molecule has 6 rings (SSSR count). The number of ether oxygens (including phenoxy) is 1. The zero-order valence-corrected chi connectivity index (χ0v) is 25.7. The van der Waals surface area contributed by atoms with Crippen LogP contribution in [0.1, 0.15) is 28.6 Å². The van der Waals surface area contributed by atoms with Gasteiger partial charge in [0.2, 0.25) is 0 Å². The second kappa shape index (κ2) is 12.9. The molecule has 0 radical (unpaired) electrons. The van der Waals surface area contributed by atoms with Gasteiger partial charge in [0.1, 0.15) is 17.7 Å². The molecule has 2 atom stereocenters. The van der Waals surface area contributed by atoms with E-state index in [1.165, 1.54) is 36.6 Å². The topological polar surface area (TPSA) is 141 Å². The molecular weight excluding hydrogens is 625 g/mol. The van der Waals surface area contributed by atoms with Gasteiger partial charge in [0.25, 0.3) is 0 Å². The van der Waals surface area contributed by atoms with E-state index in [4.69, 9.17) is 26.4 Å². The third-order valence-electron chi connectivity index (χ3n) is 7.96. The number of esters is 1. The lowest BCUT2D eigenvalue weighted by atomic mass is 9.95. The Hall–Kier alpha value is -4.40. The summed E-state index contributed by atoms with van der Waals surface area (Å²) in [6, 6.07) is 6.38. The second-order valence-corrected chi connectivity index (χ2v) is 12.1. The number of aryl methyl sites for hydroxylation is 1. The Kier molecular flexibility index (Phi) is 8.79. The van der Waals surface area contributed by atoms with Gasteiger partial charge in [-0.15, -0.1) is 11.3 Å². The summed E-state index contributed by atoms with van der Waals surface area (Å²) in [5, 5.41) is 14.8. The maximum absolute atomic E-state index is 14.0. The van der Waals surface area contributed by atoms with Crippen molar-refractivity contribution >= 4 is 52.6 Å². The van der Waals surface area contributed by atoms with Gasteiger partial charge in [0.15, 0.2) is 10.8 Å². The number of amides is 2. The van der Waals surface area contributed by atoms with Crippen LogP contribution in [-0.4, -0.2) is 94.6 Å². The molecule has 45 heavy (non-hydrogen) atoms. The number of thiazole rings is 1. The fourth-order valence-electron chi connectivity index (χ4n) is 5.77. The number of halogens is 2. The van der Waals surface area contributed by atoms with Crippen molar-refractivity contribution in [1.29, 1.82) is 0 Å². The molecule has 2 N–H and O–H groups in total. The highest BCUT2D eigenvalue weighted by atomic mass is 35.5. The molecular formula is C30H29ClFN7O5S. The number of nitrogens with one attached hydrogen (secondary N) is 1. The summed E-state index contributed by atoms with van der Waals surface area (Å²) in [6.07, 6.45) is 3.63. The quantitative estimate of drug-likeness (QED) is 0.332. The predicted molar refractivity (Wildman–Crippen MR) is 165 cm³/mol. The molecule has 1 unspecified atom stereocenters. The zero-order chi connectivity index (χ0) is 31.7. The van der Waals surface area contributed by atoms with Crippen LogP contribution >= 0.6 is 22.9 Å². The number of carbonyl (C=O) groups excluding carboxylic acids is 2. The number of rotatable bonds is 9. The summed E-state index contributed by atoms with van der Waals surface area (Å²) < 4.78 is 19.1. The fourth-order valence-corrected chi connectivity index (χ4v) is 6.63. The summed E-state index contributed by atoms with van der Waals surface area (Å²) >= 11 is 7.85. The molecule has 0 saturated carbocycles. The predicted octanol–water partition coefficient (Wildman–Crippen LogP) is 3.49. The van der Waals surface area contributed by atoms with E-state index in [2.05, 4.69) is 20.2 Å². The minimum Gasteiger partial charge on any atom is -0.481 e. The van der Waals surface area contributed by atoms with Crippen LogP contribution in [0.25, 0.3) is 0 Å². The normalized spacial score (nSPS) is 20.2. The first-order valence-electron chi connectivity index (χ1n) is 14.2. The number of anilines is 1. The Morgan fingerprint density at radius 2 is 2.04 bits per heavy atom. The Balaban J connectivity index is 1.24. The van der Waals surface area contributed by atoms with E-state index in [-0.39, 0.29) is 29.1 Å². The molecule has 2 saturated heterocycles. The number of carbonyl (C=O) groups is 3. The van der Waals surface area contributed by atoms with Crippen molar-refractivity contribution in [2.75, 3.05) is 44.7 Å². The Morgan fingerprint density at radius 1 is 1.20 bits per heavy atom. The molecule has 15 heteroatoms. The number of amidine groups is 1. The number of methoxy groups -OCH3 is 1. The Labute approximate surface area is 266 Å². The molecule has 2 amide bonds. The number of hydrogen-bond donors (Lipinski definition) is 2. The van der Waals surface area contributed by atoms with Crippen LogP contribution in [0, 0.1) is 5.82 Å². The highest BCUT2D eigenvalue weighted by Crippen LogP contribution is 2.37. The largest absolute Gasteiger partial charge is 0.481 e. The molecule has 2 aromatic heterocycles. The van der Waals surface area contributed by atoms with Crippen molar-refractivity contribution in [1.82, 2.24) is 25.1 Å². The first-order valence-corrected chi connectivity index (χ1v) is 15.5. The molecule has 234 valence electrons. The zero-order valence-electron chi connectivity index (χ0n) is 24.2. The summed E-state index contributed by atoms with van der Waals surface area (Å²) in [4.78, 5) is 56.7. The Morgan fingerprint density at radius 3 is 2.73 bits per heavy atom. The molecule has 5 heterocycles. The number of nitrogens with zero attached hydrogens (tertiary/aromatic N) is 6. The SMILES string of the molecule is COC(=O)C1=C(CN2CCN3C(=O)N(c4ccc(CCC(=O)O)cn4)CC3C2)NC(c2nccs2)=N[C@H]1c1ccc(F)cc1Cl. The highest BCUT2D eigenvalue weighted by Gasteiger charge is 2.42. The van der Waals surface area contributed by atoms with Gasteiger partial charge in [-0.2, -0.15) is 0 Å². The standard InChI is InChI=1S/C30H29ClFN7O5S/c1-44-29(42)25-22(35-27(28-33-8-11-45-28)36-26(25)20-5-4-18(32)12-21(20)31)16-37-9-10-38-19(14-37)15-39(30(38)43)23-6-2-17(13-34-23)3-7-24(40)41/h2,4-6,8,11-13,19,26H,3,7,9-10,14-16H2,1H3,(H,35,36)(H,40,41)/t19?,26-/m0/s1. The maximum Gasteiger partial charge on any atom is 0.338 e. The van der Waals surface area contributed by atoms with Crippen molar-refractivity contribution in [3.8, 4) is 0 Å². The van der Waals surface area contributed by atoms with E-state index in [1.807, 2.05) is 10.3 Å². The molecule has 1 aromatic carbocycles. The molecule has 0 spiro atoms. The van der Waals surface area contributed by atoms with E-state index < -0.39 is 23.8 Å². The van der Waals surface area contributed by atoms with E-state index in [0.29, 0.717) is 67.1 Å². The van der Waals surface area contributed by atoms with Gasteiger partial charge < -0.3 is 20.1 Å². The van der Waals surface area contributed by atoms with Crippen LogP contribution in [0.3, 0.4) is 0 Å². The number of aliphatic imine (C=N–C) groups is 1. The maximum atomic E-state index is 14.0.